The number of hydrogen-bond donors (Lipinski definition) is 1. The zero-order valence-electron chi connectivity index (χ0n) is 7.13. The predicted molar refractivity (Wildman–Crippen MR) is 45.1 cm³/mol. The van der Waals surface area contributed by atoms with Crippen molar-refractivity contribution in [3.05, 3.63) is 12.2 Å². The van der Waals surface area contributed by atoms with Crippen LogP contribution in [0.2, 0.25) is 0 Å². The molecule has 0 spiro atoms. The molecule has 62 valence electrons. The Labute approximate surface area is 67.7 Å². The third-order valence-electron chi connectivity index (χ3n) is 2.33. The molecule has 0 radical (unpaired) electrons. The molecular formula is C9H15NO. The van der Waals surface area contributed by atoms with Crippen molar-refractivity contribution in [3.8, 4) is 0 Å². The van der Waals surface area contributed by atoms with Gasteiger partial charge in [0.15, 0.2) is 0 Å². The van der Waals surface area contributed by atoms with E-state index in [4.69, 9.17) is 0 Å². The van der Waals surface area contributed by atoms with E-state index in [2.05, 4.69) is 24.4 Å². The highest BCUT2D eigenvalue weighted by Gasteiger charge is 2.23. The lowest BCUT2D eigenvalue weighted by Crippen LogP contribution is -2.32. The van der Waals surface area contributed by atoms with Crippen LogP contribution in [-0.2, 0) is 4.79 Å². The largest absolute Gasteiger partial charge is 0.359 e. The van der Waals surface area contributed by atoms with Crippen LogP contribution in [0.25, 0.3) is 0 Å². The van der Waals surface area contributed by atoms with E-state index in [1.165, 1.54) is 0 Å². The standard InChI is InChI=1S/C9H15NO/c1-7-5-3-4-6-8(7)9(11)10-2/h3-4,7-8H,5-6H2,1-2H3,(H,10,11)/t7-,8-/m1/s1. The number of nitrogens with one attached hydrogen (secondary N) is 1. The lowest BCUT2D eigenvalue weighted by atomic mass is 9.84. The van der Waals surface area contributed by atoms with Crippen molar-refractivity contribution in [3.63, 3.8) is 0 Å². The molecule has 0 fully saturated rings. The van der Waals surface area contributed by atoms with Crippen molar-refractivity contribution in [1.29, 1.82) is 0 Å². The van der Waals surface area contributed by atoms with Gasteiger partial charge in [0.2, 0.25) is 5.91 Å². The van der Waals surface area contributed by atoms with Gasteiger partial charge < -0.3 is 5.32 Å². The third-order valence-corrected chi connectivity index (χ3v) is 2.33. The van der Waals surface area contributed by atoms with Crippen molar-refractivity contribution in [2.45, 2.75) is 19.8 Å². The quantitative estimate of drug-likeness (QED) is 0.566. The van der Waals surface area contributed by atoms with Gasteiger partial charge in [-0.05, 0) is 18.8 Å². The fourth-order valence-electron chi connectivity index (χ4n) is 1.50. The summed E-state index contributed by atoms with van der Waals surface area (Å²) < 4.78 is 0. The molecule has 1 N–H and O–H groups in total. The number of rotatable bonds is 1. The van der Waals surface area contributed by atoms with Gasteiger partial charge in [-0.25, -0.2) is 0 Å². The second kappa shape index (κ2) is 3.56. The molecule has 0 aliphatic heterocycles. The van der Waals surface area contributed by atoms with Gasteiger partial charge in [-0.2, -0.15) is 0 Å². The van der Waals surface area contributed by atoms with E-state index in [0.717, 1.165) is 12.8 Å². The van der Waals surface area contributed by atoms with Gasteiger partial charge in [-0.15, -0.1) is 0 Å². The monoisotopic (exact) mass is 153 g/mol. The highest BCUT2D eigenvalue weighted by Crippen LogP contribution is 2.24. The molecule has 1 rings (SSSR count). The highest BCUT2D eigenvalue weighted by molar-refractivity contribution is 5.78. The lowest BCUT2D eigenvalue weighted by Gasteiger charge is -2.23. The summed E-state index contributed by atoms with van der Waals surface area (Å²) in [6.07, 6.45) is 6.20. The summed E-state index contributed by atoms with van der Waals surface area (Å²) in [6, 6.07) is 0. The molecule has 1 amide bonds. The summed E-state index contributed by atoms with van der Waals surface area (Å²) in [7, 11) is 1.70. The zero-order valence-corrected chi connectivity index (χ0v) is 7.13. The third kappa shape index (κ3) is 1.82. The topological polar surface area (TPSA) is 29.1 Å². The SMILES string of the molecule is CNC(=O)[C@@H]1CC=CC[C@H]1C. The van der Waals surface area contributed by atoms with Gasteiger partial charge in [-0.1, -0.05) is 19.1 Å². The molecule has 0 aromatic carbocycles. The zero-order chi connectivity index (χ0) is 8.27. The fraction of sp³-hybridized carbons (Fsp3) is 0.667. The van der Waals surface area contributed by atoms with E-state index in [1.807, 2.05) is 0 Å². The molecule has 1 aliphatic rings. The number of allylic oxidation sites excluding steroid dienone is 2. The van der Waals surface area contributed by atoms with Crippen LogP contribution < -0.4 is 5.32 Å². The number of carbonyl (C=O) groups is 1. The van der Waals surface area contributed by atoms with Crippen molar-refractivity contribution < 1.29 is 4.79 Å². The average molecular weight is 153 g/mol. The summed E-state index contributed by atoms with van der Waals surface area (Å²) in [5, 5.41) is 2.69. The van der Waals surface area contributed by atoms with Gasteiger partial charge in [0.25, 0.3) is 0 Å². The molecule has 0 saturated carbocycles. The summed E-state index contributed by atoms with van der Waals surface area (Å²) >= 11 is 0. The van der Waals surface area contributed by atoms with Crippen LogP contribution in [0.4, 0.5) is 0 Å². The minimum absolute atomic E-state index is 0.182. The van der Waals surface area contributed by atoms with Crippen molar-refractivity contribution in [2.24, 2.45) is 11.8 Å². The Morgan fingerprint density at radius 1 is 1.45 bits per heavy atom. The Balaban J connectivity index is 2.56. The molecule has 0 bridgehead atoms. The van der Waals surface area contributed by atoms with E-state index in [1.54, 1.807) is 7.05 Å². The molecule has 0 unspecified atom stereocenters. The number of amides is 1. The van der Waals surface area contributed by atoms with E-state index in [9.17, 15) is 4.79 Å². The maximum Gasteiger partial charge on any atom is 0.223 e. The first-order valence-electron chi connectivity index (χ1n) is 4.12. The van der Waals surface area contributed by atoms with Gasteiger partial charge >= 0.3 is 0 Å². The Bertz CT molecular complexity index is 174. The molecule has 1 aliphatic carbocycles. The van der Waals surface area contributed by atoms with Crippen LogP contribution in [0.1, 0.15) is 19.8 Å². The van der Waals surface area contributed by atoms with E-state index in [0.29, 0.717) is 5.92 Å². The molecule has 0 aromatic rings. The van der Waals surface area contributed by atoms with Gasteiger partial charge in [0.1, 0.15) is 0 Å². The summed E-state index contributed by atoms with van der Waals surface area (Å²) in [5.74, 6) is 0.881. The molecule has 0 aromatic heterocycles. The van der Waals surface area contributed by atoms with Crippen molar-refractivity contribution in [2.75, 3.05) is 7.05 Å². The van der Waals surface area contributed by atoms with Crippen LogP contribution >= 0.6 is 0 Å². The first kappa shape index (κ1) is 8.31. The van der Waals surface area contributed by atoms with Crippen LogP contribution in [0.3, 0.4) is 0 Å². The van der Waals surface area contributed by atoms with Crippen molar-refractivity contribution in [1.82, 2.24) is 5.32 Å². The van der Waals surface area contributed by atoms with Gasteiger partial charge in [-0.3, -0.25) is 4.79 Å². The second-order valence-electron chi connectivity index (χ2n) is 3.14. The Morgan fingerprint density at radius 2 is 2.09 bits per heavy atom. The molecule has 11 heavy (non-hydrogen) atoms. The minimum Gasteiger partial charge on any atom is -0.359 e. The smallest absolute Gasteiger partial charge is 0.223 e. The minimum atomic E-state index is 0.182. The maximum atomic E-state index is 11.2. The Hall–Kier alpha value is -0.790. The number of carbonyl (C=O) groups excluding carboxylic acids is 1. The first-order valence-corrected chi connectivity index (χ1v) is 4.12. The molecule has 0 heterocycles. The van der Waals surface area contributed by atoms with Gasteiger partial charge in [0, 0.05) is 13.0 Å². The molecular weight excluding hydrogens is 138 g/mol. The fourth-order valence-corrected chi connectivity index (χ4v) is 1.50. The first-order chi connectivity index (χ1) is 5.25. The predicted octanol–water partition coefficient (Wildman–Crippen LogP) is 1.33. The molecule has 2 atom stereocenters. The second-order valence-corrected chi connectivity index (χ2v) is 3.14. The van der Waals surface area contributed by atoms with E-state index in [-0.39, 0.29) is 11.8 Å². The summed E-state index contributed by atoms with van der Waals surface area (Å²) in [5.41, 5.74) is 0. The Kier molecular flexibility index (Phi) is 2.69. The van der Waals surface area contributed by atoms with Crippen LogP contribution in [0, 0.1) is 11.8 Å². The van der Waals surface area contributed by atoms with Gasteiger partial charge in [0.05, 0.1) is 0 Å². The lowest BCUT2D eigenvalue weighted by molar-refractivity contribution is -0.126. The van der Waals surface area contributed by atoms with Crippen molar-refractivity contribution >= 4 is 5.91 Å². The summed E-state index contributed by atoms with van der Waals surface area (Å²) in [6.45, 7) is 2.13. The van der Waals surface area contributed by atoms with E-state index >= 15 is 0 Å². The highest BCUT2D eigenvalue weighted by atomic mass is 16.1. The van der Waals surface area contributed by atoms with Crippen LogP contribution in [0.5, 0.6) is 0 Å². The summed E-state index contributed by atoms with van der Waals surface area (Å²) in [4.78, 5) is 11.2. The van der Waals surface area contributed by atoms with Crippen LogP contribution in [0.15, 0.2) is 12.2 Å². The molecule has 2 nitrogen and oxygen atoms in total. The molecule has 0 saturated heterocycles. The average Bonchev–Trinajstić information content (AvgIpc) is 2.04. The van der Waals surface area contributed by atoms with Crippen LogP contribution in [-0.4, -0.2) is 13.0 Å². The normalized spacial score (nSPS) is 30.0. The van der Waals surface area contributed by atoms with E-state index < -0.39 is 0 Å². The Morgan fingerprint density at radius 3 is 2.64 bits per heavy atom. The number of hydrogen-bond acceptors (Lipinski definition) is 1. The molecule has 2 heteroatoms. The maximum absolute atomic E-state index is 11.2.